The van der Waals surface area contributed by atoms with Gasteiger partial charge in [0.25, 0.3) is 0 Å². The maximum absolute atomic E-state index is 12.3. The molecule has 0 aliphatic heterocycles. The Balaban J connectivity index is 2.49. The summed E-state index contributed by atoms with van der Waals surface area (Å²) in [6.07, 6.45) is 3.34. The first-order valence-electron chi connectivity index (χ1n) is 5.62. The summed E-state index contributed by atoms with van der Waals surface area (Å²) in [6, 6.07) is 11.0. The second-order valence-electron chi connectivity index (χ2n) is 4.11. The number of carbonyl (C=O) groups is 1. The largest absolute Gasteiger partial charge is 0.292 e. The quantitative estimate of drug-likeness (QED) is 0.806. The van der Waals surface area contributed by atoms with Gasteiger partial charge in [-0.3, -0.25) is 9.00 Å². The van der Waals surface area contributed by atoms with Crippen LogP contribution in [0.2, 0.25) is 5.02 Å². The molecule has 2 aromatic carbocycles. The molecule has 0 fully saturated rings. The molecule has 2 rings (SSSR count). The average molecular weight is 313 g/mol. The molecule has 2 nitrogen and oxygen atoms in total. The van der Waals surface area contributed by atoms with Crippen LogP contribution in [-0.4, -0.2) is 27.1 Å². The molecule has 0 amide bonds. The molecule has 19 heavy (non-hydrogen) atoms. The summed E-state index contributed by atoms with van der Waals surface area (Å²) < 4.78 is 11.0. The van der Waals surface area contributed by atoms with Crippen molar-refractivity contribution in [3.63, 3.8) is 0 Å². The normalized spacial score (nSPS) is 14.3. The highest BCUT2D eigenvalue weighted by Gasteiger charge is 2.22. The van der Waals surface area contributed by atoms with Crippen molar-refractivity contribution in [2.75, 3.05) is 12.5 Å². The van der Waals surface area contributed by atoms with Crippen LogP contribution >= 0.6 is 23.4 Å². The lowest BCUT2D eigenvalue weighted by Gasteiger charge is -2.11. The Hall–Kier alpha value is -0.840. The summed E-state index contributed by atoms with van der Waals surface area (Å²) in [5.41, 5.74) is 0.551. The molecule has 0 heterocycles. The molecule has 100 valence electrons. The van der Waals surface area contributed by atoms with E-state index < -0.39 is 15.4 Å². The van der Waals surface area contributed by atoms with Crippen molar-refractivity contribution in [1.29, 1.82) is 0 Å². The van der Waals surface area contributed by atoms with Crippen molar-refractivity contribution >= 4 is 50.7 Å². The number of rotatable bonds is 4. The predicted octanol–water partition coefficient (Wildman–Crippen LogP) is 3.74. The maximum Gasteiger partial charge on any atom is 0.188 e. The van der Waals surface area contributed by atoms with Crippen LogP contribution in [0, 0.1) is 0 Å². The molecule has 0 aliphatic carbocycles. The summed E-state index contributed by atoms with van der Waals surface area (Å²) in [4.78, 5) is 12.3. The topological polar surface area (TPSA) is 34.1 Å². The fourth-order valence-electron chi connectivity index (χ4n) is 1.92. The fraction of sp³-hybridized carbons (Fsp3) is 0.214. The maximum atomic E-state index is 12.3. The van der Waals surface area contributed by atoms with E-state index in [0.717, 1.165) is 10.8 Å². The Kier molecular flexibility index (Phi) is 4.66. The molecular formula is C14H13ClO2S2. The molecule has 0 saturated carbocycles. The van der Waals surface area contributed by atoms with Crippen molar-refractivity contribution in [3.05, 3.63) is 47.0 Å². The molecule has 5 heteroatoms. The summed E-state index contributed by atoms with van der Waals surface area (Å²) in [5.74, 6) is -0.116. The van der Waals surface area contributed by atoms with E-state index in [1.165, 1.54) is 11.8 Å². The number of ketones is 1. The Morgan fingerprint density at radius 3 is 2.68 bits per heavy atom. The van der Waals surface area contributed by atoms with E-state index in [2.05, 4.69) is 0 Å². The van der Waals surface area contributed by atoms with Crippen LogP contribution in [-0.2, 0) is 10.8 Å². The molecule has 0 saturated heterocycles. The van der Waals surface area contributed by atoms with Gasteiger partial charge in [0.15, 0.2) is 5.78 Å². The summed E-state index contributed by atoms with van der Waals surface area (Å²) in [6.45, 7) is 0. The number of hydrogen-bond donors (Lipinski definition) is 0. The smallest absolute Gasteiger partial charge is 0.188 e. The lowest BCUT2D eigenvalue weighted by Crippen LogP contribution is -2.21. The van der Waals surface area contributed by atoms with E-state index in [1.807, 2.05) is 18.2 Å². The zero-order chi connectivity index (χ0) is 14.0. The van der Waals surface area contributed by atoms with Crippen LogP contribution in [0.15, 0.2) is 36.4 Å². The van der Waals surface area contributed by atoms with Gasteiger partial charge in [-0.25, -0.2) is 0 Å². The molecule has 0 aliphatic rings. The number of benzene rings is 2. The highest BCUT2D eigenvalue weighted by Crippen LogP contribution is 2.26. The Labute approximate surface area is 124 Å². The monoisotopic (exact) mass is 312 g/mol. The van der Waals surface area contributed by atoms with Crippen LogP contribution in [0.25, 0.3) is 10.8 Å². The van der Waals surface area contributed by atoms with Crippen LogP contribution in [0.3, 0.4) is 0 Å². The Morgan fingerprint density at radius 2 is 2.05 bits per heavy atom. The number of fused-ring (bicyclic) bond motifs is 1. The van der Waals surface area contributed by atoms with E-state index in [1.54, 1.807) is 30.7 Å². The number of carbonyl (C=O) groups excluding carboxylic acids is 1. The lowest BCUT2D eigenvalue weighted by atomic mass is 10.0. The Morgan fingerprint density at radius 1 is 1.32 bits per heavy atom. The van der Waals surface area contributed by atoms with Gasteiger partial charge in [-0.2, -0.15) is 0 Å². The van der Waals surface area contributed by atoms with E-state index in [9.17, 15) is 9.00 Å². The number of thioether (sulfide) groups is 1. The minimum absolute atomic E-state index is 0.116. The molecule has 0 aromatic heterocycles. The van der Waals surface area contributed by atoms with E-state index >= 15 is 0 Å². The molecule has 0 unspecified atom stereocenters. The zero-order valence-electron chi connectivity index (χ0n) is 10.6. The van der Waals surface area contributed by atoms with E-state index in [0.29, 0.717) is 10.6 Å². The van der Waals surface area contributed by atoms with Gasteiger partial charge in [-0.1, -0.05) is 35.9 Å². The molecule has 2 aromatic rings. The van der Waals surface area contributed by atoms with Crippen molar-refractivity contribution in [2.24, 2.45) is 0 Å². The Bertz CT molecular complexity index is 655. The van der Waals surface area contributed by atoms with Gasteiger partial charge >= 0.3 is 0 Å². The summed E-state index contributed by atoms with van der Waals surface area (Å²) >= 11 is 7.44. The molecular weight excluding hydrogens is 300 g/mol. The van der Waals surface area contributed by atoms with Crippen LogP contribution < -0.4 is 0 Å². The molecule has 0 spiro atoms. The average Bonchev–Trinajstić information content (AvgIpc) is 2.39. The second kappa shape index (κ2) is 6.07. The van der Waals surface area contributed by atoms with Gasteiger partial charge in [0, 0.05) is 33.0 Å². The van der Waals surface area contributed by atoms with E-state index in [-0.39, 0.29) is 5.78 Å². The third kappa shape index (κ3) is 3.02. The van der Waals surface area contributed by atoms with Crippen molar-refractivity contribution < 1.29 is 9.00 Å². The van der Waals surface area contributed by atoms with Gasteiger partial charge < -0.3 is 0 Å². The van der Waals surface area contributed by atoms with Crippen LogP contribution in [0.4, 0.5) is 0 Å². The highest BCUT2D eigenvalue weighted by molar-refractivity contribution is 8.11. The number of halogens is 1. The first-order chi connectivity index (χ1) is 9.04. The minimum atomic E-state index is -1.19. The van der Waals surface area contributed by atoms with Crippen molar-refractivity contribution in [2.45, 2.75) is 4.58 Å². The fourth-order valence-corrected chi connectivity index (χ4v) is 4.03. The van der Waals surface area contributed by atoms with Gasteiger partial charge in [0.05, 0.1) is 0 Å². The van der Waals surface area contributed by atoms with Gasteiger partial charge in [-0.15, -0.1) is 11.8 Å². The zero-order valence-corrected chi connectivity index (χ0v) is 12.9. The van der Waals surface area contributed by atoms with Gasteiger partial charge in [0.1, 0.15) is 4.58 Å². The van der Waals surface area contributed by atoms with Crippen molar-refractivity contribution in [1.82, 2.24) is 0 Å². The third-order valence-electron chi connectivity index (χ3n) is 2.84. The standard InChI is InChI=1S/C14H13ClO2S2/c1-18-14(19(2)17)13(16)10-7-6-9-4-3-5-12(15)11(9)8-10/h3-8,14H,1-2H3/t14-,19-/m0/s1. The lowest BCUT2D eigenvalue weighted by molar-refractivity contribution is 0.101. The second-order valence-corrected chi connectivity index (χ2v) is 7.22. The first-order valence-corrected chi connectivity index (χ1v) is 8.91. The minimum Gasteiger partial charge on any atom is -0.292 e. The van der Waals surface area contributed by atoms with Gasteiger partial charge in [0.2, 0.25) is 0 Å². The predicted molar refractivity (Wildman–Crippen MR) is 84.7 cm³/mol. The first kappa shape index (κ1) is 14.6. The SMILES string of the molecule is CS[C@H](C(=O)c1ccc2cccc(Cl)c2c1)[S@](C)=O. The summed E-state index contributed by atoms with van der Waals surface area (Å²) in [7, 11) is -1.19. The molecule has 0 N–H and O–H groups in total. The molecule has 0 bridgehead atoms. The van der Waals surface area contributed by atoms with E-state index in [4.69, 9.17) is 11.6 Å². The highest BCUT2D eigenvalue weighted by atomic mass is 35.5. The van der Waals surface area contributed by atoms with Crippen LogP contribution in [0.1, 0.15) is 10.4 Å². The molecule has 2 atom stereocenters. The van der Waals surface area contributed by atoms with Crippen molar-refractivity contribution in [3.8, 4) is 0 Å². The molecule has 0 radical (unpaired) electrons. The summed E-state index contributed by atoms with van der Waals surface area (Å²) in [5, 5.41) is 2.45. The van der Waals surface area contributed by atoms with Gasteiger partial charge in [-0.05, 0) is 23.8 Å². The third-order valence-corrected chi connectivity index (χ3v) is 6.02. The van der Waals surface area contributed by atoms with Crippen LogP contribution in [0.5, 0.6) is 0 Å². The number of Topliss-reactive ketones (excluding diaryl/α,β-unsaturated/α-hetero) is 1. The number of hydrogen-bond acceptors (Lipinski definition) is 3.